The highest BCUT2D eigenvalue weighted by Gasteiger charge is 2.49. The normalized spacial score (nSPS) is 28.0. The minimum atomic E-state index is -0.310. The van der Waals surface area contributed by atoms with E-state index in [2.05, 4.69) is 25.7 Å². The van der Waals surface area contributed by atoms with E-state index >= 15 is 0 Å². The molecule has 4 heteroatoms. The van der Waals surface area contributed by atoms with Crippen molar-refractivity contribution < 1.29 is 9.52 Å². The lowest BCUT2D eigenvalue weighted by atomic mass is 9.65. The summed E-state index contributed by atoms with van der Waals surface area (Å²) in [7, 11) is 0. The zero-order valence-electron chi connectivity index (χ0n) is 16.5. The molecular weight excluding hydrogens is 326 g/mol. The summed E-state index contributed by atoms with van der Waals surface area (Å²) in [5.41, 5.74) is 3.25. The second-order valence-corrected chi connectivity index (χ2v) is 9.70. The van der Waals surface area contributed by atoms with Crippen molar-refractivity contribution in [3.05, 3.63) is 39.2 Å². The monoisotopic (exact) mass is 355 g/mol. The Labute approximate surface area is 154 Å². The van der Waals surface area contributed by atoms with E-state index in [0.717, 1.165) is 23.1 Å². The quantitative estimate of drug-likeness (QED) is 0.805. The van der Waals surface area contributed by atoms with Gasteiger partial charge in [-0.05, 0) is 61.6 Å². The van der Waals surface area contributed by atoms with Crippen LogP contribution in [0.4, 0.5) is 0 Å². The lowest BCUT2D eigenvalue weighted by Gasteiger charge is -2.40. The van der Waals surface area contributed by atoms with Crippen LogP contribution in [0, 0.1) is 24.7 Å². The number of phenolic OH excluding ortho intramolecular Hbond substituents is 1. The zero-order valence-corrected chi connectivity index (χ0v) is 16.5. The summed E-state index contributed by atoms with van der Waals surface area (Å²) in [6.07, 6.45) is 3.63. The molecule has 2 aliphatic rings. The molecule has 1 saturated carbocycles. The molecule has 1 aliphatic heterocycles. The summed E-state index contributed by atoms with van der Waals surface area (Å²) in [5, 5.41) is 11.5. The molecule has 1 aromatic heterocycles. The van der Waals surface area contributed by atoms with Gasteiger partial charge >= 0.3 is 5.63 Å². The topological polar surface area (TPSA) is 53.7 Å². The van der Waals surface area contributed by atoms with Crippen LogP contribution in [0.5, 0.6) is 5.75 Å². The zero-order chi connectivity index (χ0) is 18.9. The van der Waals surface area contributed by atoms with Gasteiger partial charge in [0.25, 0.3) is 0 Å². The molecule has 2 bridgehead atoms. The number of fused-ring (bicyclic) bond motifs is 3. The number of benzene rings is 1. The van der Waals surface area contributed by atoms with Crippen molar-refractivity contribution in [1.82, 2.24) is 4.90 Å². The molecule has 0 unspecified atom stereocenters. The highest BCUT2D eigenvalue weighted by atomic mass is 16.4. The molecule has 4 nitrogen and oxygen atoms in total. The summed E-state index contributed by atoms with van der Waals surface area (Å²) in [6, 6.07) is 4.11. The smallest absolute Gasteiger partial charge is 0.339 e. The lowest BCUT2D eigenvalue weighted by Crippen LogP contribution is -2.34. The Morgan fingerprint density at radius 1 is 1.19 bits per heavy atom. The summed E-state index contributed by atoms with van der Waals surface area (Å²) < 4.78 is 5.63. The Morgan fingerprint density at radius 2 is 1.92 bits per heavy atom. The van der Waals surface area contributed by atoms with Crippen LogP contribution in [-0.2, 0) is 6.54 Å². The van der Waals surface area contributed by atoms with E-state index in [1.54, 1.807) is 13.0 Å². The van der Waals surface area contributed by atoms with E-state index in [0.29, 0.717) is 34.6 Å². The molecule has 0 amide bonds. The predicted octanol–water partition coefficient (Wildman–Crippen LogP) is 4.52. The lowest BCUT2D eigenvalue weighted by molar-refractivity contribution is 0.126. The maximum Gasteiger partial charge on any atom is 0.339 e. The van der Waals surface area contributed by atoms with Gasteiger partial charge in [0.15, 0.2) is 0 Å². The first-order valence-electron chi connectivity index (χ1n) is 9.58. The molecule has 1 aromatic carbocycles. The highest BCUT2D eigenvalue weighted by Crippen LogP contribution is 2.53. The predicted molar refractivity (Wildman–Crippen MR) is 104 cm³/mol. The summed E-state index contributed by atoms with van der Waals surface area (Å²) in [4.78, 5) is 14.7. The second kappa shape index (κ2) is 5.59. The number of aryl methyl sites for hydroxylation is 1. The van der Waals surface area contributed by atoms with Crippen molar-refractivity contribution >= 4 is 11.0 Å². The van der Waals surface area contributed by atoms with Crippen molar-refractivity contribution in [3.63, 3.8) is 0 Å². The molecule has 4 rings (SSSR count). The van der Waals surface area contributed by atoms with Crippen molar-refractivity contribution in [2.24, 2.45) is 10.8 Å². The van der Waals surface area contributed by atoms with Crippen LogP contribution in [0.3, 0.4) is 0 Å². The fourth-order valence-electron chi connectivity index (χ4n) is 5.67. The molecule has 26 heavy (non-hydrogen) atoms. The van der Waals surface area contributed by atoms with Crippen molar-refractivity contribution in [3.8, 4) is 5.75 Å². The van der Waals surface area contributed by atoms with Crippen molar-refractivity contribution in [2.75, 3.05) is 6.54 Å². The van der Waals surface area contributed by atoms with Crippen LogP contribution in [0.2, 0.25) is 0 Å². The Morgan fingerprint density at radius 3 is 2.65 bits per heavy atom. The number of nitrogens with zero attached hydrogens (tertiary/aromatic N) is 1. The molecule has 0 radical (unpaired) electrons. The summed E-state index contributed by atoms with van der Waals surface area (Å²) in [5.74, 6) is 0.217. The third-order valence-electron chi connectivity index (χ3n) is 6.59. The largest absolute Gasteiger partial charge is 0.507 e. The molecule has 2 aromatic rings. The van der Waals surface area contributed by atoms with Gasteiger partial charge in [-0.2, -0.15) is 0 Å². The number of phenols is 1. The van der Waals surface area contributed by atoms with Gasteiger partial charge in [0.2, 0.25) is 0 Å². The average molecular weight is 355 g/mol. The van der Waals surface area contributed by atoms with Crippen LogP contribution in [0.15, 0.2) is 21.3 Å². The van der Waals surface area contributed by atoms with Gasteiger partial charge in [0.1, 0.15) is 11.3 Å². The maximum absolute atomic E-state index is 12.2. The van der Waals surface area contributed by atoms with E-state index in [1.807, 2.05) is 13.0 Å². The van der Waals surface area contributed by atoms with Crippen LogP contribution >= 0.6 is 0 Å². The first-order valence-corrected chi connectivity index (χ1v) is 9.58. The van der Waals surface area contributed by atoms with Gasteiger partial charge in [-0.1, -0.05) is 20.8 Å². The van der Waals surface area contributed by atoms with E-state index in [4.69, 9.17) is 4.42 Å². The maximum atomic E-state index is 12.2. The first kappa shape index (κ1) is 17.6. The highest BCUT2D eigenvalue weighted by molar-refractivity contribution is 5.85. The van der Waals surface area contributed by atoms with Gasteiger partial charge in [-0.25, -0.2) is 4.79 Å². The summed E-state index contributed by atoms with van der Waals surface area (Å²) >= 11 is 0. The van der Waals surface area contributed by atoms with Gasteiger partial charge in [0.05, 0.1) is 5.56 Å². The number of rotatable bonds is 2. The van der Waals surface area contributed by atoms with Crippen LogP contribution in [0.25, 0.3) is 11.0 Å². The molecule has 1 saturated heterocycles. The van der Waals surface area contributed by atoms with E-state index in [-0.39, 0.29) is 11.4 Å². The molecule has 2 heterocycles. The van der Waals surface area contributed by atoms with Gasteiger partial charge in [0, 0.05) is 30.1 Å². The average Bonchev–Trinajstić information content (AvgIpc) is 2.76. The number of likely N-dealkylation sites (tertiary alicyclic amines) is 1. The fourth-order valence-corrected chi connectivity index (χ4v) is 5.67. The van der Waals surface area contributed by atoms with Crippen LogP contribution < -0.4 is 5.63 Å². The molecule has 1 N–H and O–H groups in total. The first-order chi connectivity index (χ1) is 12.1. The van der Waals surface area contributed by atoms with Crippen molar-refractivity contribution in [1.29, 1.82) is 0 Å². The Kier molecular flexibility index (Phi) is 3.78. The molecule has 140 valence electrons. The number of aromatic hydroxyl groups is 1. The van der Waals surface area contributed by atoms with Gasteiger partial charge < -0.3 is 9.52 Å². The SMILES string of the molecule is Cc1c(C)c2ccc(O)c(CN3C[C@]4(C)C[C@@H]3CC(C)(C)C4)c2oc1=O. The van der Waals surface area contributed by atoms with Crippen LogP contribution in [-0.4, -0.2) is 22.6 Å². The molecule has 2 atom stereocenters. The number of hydrogen-bond acceptors (Lipinski definition) is 4. The Bertz CT molecular complexity index is 943. The molecule has 2 fully saturated rings. The summed E-state index contributed by atoms with van der Waals surface area (Å²) in [6.45, 7) is 12.5. The Hall–Kier alpha value is -1.81. The van der Waals surface area contributed by atoms with E-state index in [1.165, 1.54) is 19.3 Å². The molecule has 0 spiro atoms. The third-order valence-corrected chi connectivity index (χ3v) is 6.59. The Balaban J connectivity index is 1.77. The number of hydrogen-bond donors (Lipinski definition) is 1. The second-order valence-electron chi connectivity index (χ2n) is 9.70. The van der Waals surface area contributed by atoms with Crippen molar-refractivity contribution in [2.45, 2.75) is 66.5 Å². The van der Waals surface area contributed by atoms with Crippen LogP contribution in [0.1, 0.15) is 56.7 Å². The van der Waals surface area contributed by atoms with E-state index < -0.39 is 0 Å². The van der Waals surface area contributed by atoms with Gasteiger partial charge in [-0.3, -0.25) is 4.90 Å². The molecular formula is C22H29NO3. The minimum absolute atomic E-state index is 0.217. The third kappa shape index (κ3) is 2.75. The standard InChI is InChI=1S/C22H29NO3/c1-13-14(2)20(25)26-19-16(13)6-7-18(24)17(19)10-23-12-22(5)9-15(23)8-21(3,4)11-22/h6-7,15,24H,8-12H2,1-5H3/t15-,22+/m0/s1. The fraction of sp³-hybridized carbons (Fsp3) is 0.591. The molecule has 1 aliphatic carbocycles. The van der Waals surface area contributed by atoms with Gasteiger partial charge in [-0.15, -0.1) is 0 Å². The van der Waals surface area contributed by atoms with E-state index in [9.17, 15) is 9.90 Å². The minimum Gasteiger partial charge on any atom is -0.507 e.